The lowest BCUT2D eigenvalue weighted by atomic mass is 10.0. The Morgan fingerprint density at radius 2 is 1.63 bits per heavy atom. The first-order chi connectivity index (χ1) is 9.16. The van der Waals surface area contributed by atoms with Crippen molar-refractivity contribution in [1.29, 1.82) is 0 Å². The average Bonchev–Trinajstić information content (AvgIpc) is 2.46. The number of halogens is 1. The van der Waals surface area contributed by atoms with Crippen LogP contribution in [0.3, 0.4) is 0 Å². The number of carbonyl (C=O) groups excluding carboxylic acids is 1. The molecule has 0 aliphatic carbocycles. The predicted molar refractivity (Wildman–Crippen MR) is 84.2 cm³/mol. The second kappa shape index (κ2) is 6.68. The van der Waals surface area contributed by atoms with E-state index in [-0.39, 0.29) is 12.5 Å². The third-order valence-electron chi connectivity index (χ3n) is 2.69. The van der Waals surface area contributed by atoms with Gasteiger partial charge in [-0.1, -0.05) is 42.5 Å². The highest BCUT2D eigenvalue weighted by atomic mass is 127. The van der Waals surface area contributed by atoms with E-state index in [1.807, 2.05) is 65.1 Å². The maximum absolute atomic E-state index is 11.8. The Balaban J connectivity index is 2.08. The first-order valence-corrected chi connectivity index (χ1v) is 7.17. The van der Waals surface area contributed by atoms with Gasteiger partial charge in [-0.15, -0.1) is 0 Å². The van der Waals surface area contributed by atoms with Crippen LogP contribution in [0.25, 0.3) is 11.1 Å². The molecule has 0 aliphatic rings. The normalized spacial score (nSPS) is 11.9. The molecule has 0 radical (unpaired) electrons. The maximum Gasteiger partial charge on any atom is 0.251 e. The van der Waals surface area contributed by atoms with Crippen molar-refractivity contribution >= 4 is 28.5 Å². The van der Waals surface area contributed by atoms with Crippen molar-refractivity contribution in [3.63, 3.8) is 0 Å². The summed E-state index contributed by atoms with van der Waals surface area (Å²) < 4.78 is -0.565. The molecule has 2 N–H and O–H groups in total. The molecule has 0 spiro atoms. The largest absolute Gasteiger partial charge is 0.381 e. The highest BCUT2D eigenvalue weighted by molar-refractivity contribution is 14.1. The van der Waals surface area contributed by atoms with E-state index in [4.69, 9.17) is 5.11 Å². The third kappa shape index (κ3) is 4.04. The lowest BCUT2D eigenvalue weighted by Crippen LogP contribution is -2.29. The number of amides is 1. The van der Waals surface area contributed by atoms with Gasteiger partial charge in [-0.3, -0.25) is 4.79 Å². The molecular formula is C15H14INO2. The molecule has 0 saturated carbocycles. The molecule has 4 heteroatoms. The summed E-state index contributed by atoms with van der Waals surface area (Å²) in [6.07, 6.45) is 0. The predicted octanol–water partition coefficient (Wildman–Crippen LogP) is 2.84. The Hall–Kier alpha value is -1.40. The Morgan fingerprint density at radius 3 is 2.21 bits per heavy atom. The standard InChI is InChI=1S/C15H14INO2/c16-14(18)10-17-15(19)13-8-6-12(7-9-13)11-4-2-1-3-5-11/h1-9,14,18H,10H2,(H,17,19)/t14-/m1/s1. The molecular weight excluding hydrogens is 353 g/mol. The van der Waals surface area contributed by atoms with Crippen molar-refractivity contribution in [2.24, 2.45) is 0 Å². The molecule has 2 aromatic rings. The number of nitrogens with one attached hydrogen (secondary N) is 1. The van der Waals surface area contributed by atoms with Crippen molar-refractivity contribution in [2.45, 2.75) is 4.11 Å². The minimum absolute atomic E-state index is 0.171. The van der Waals surface area contributed by atoms with Gasteiger partial charge in [-0.2, -0.15) is 0 Å². The fourth-order valence-corrected chi connectivity index (χ4v) is 1.94. The Labute approximate surface area is 125 Å². The van der Waals surface area contributed by atoms with Gasteiger partial charge in [-0.05, 0) is 45.9 Å². The van der Waals surface area contributed by atoms with Crippen LogP contribution in [-0.2, 0) is 0 Å². The van der Waals surface area contributed by atoms with Crippen molar-refractivity contribution in [1.82, 2.24) is 5.32 Å². The number of hydrogen-bond acceptors (Lipinski definition) is 2. The van der Waals surface area contributed by atoms with E-state index >= 15 is 0 Å². The molecule has 2 rings (SSSR count). The number of alkyl halides is 1. The van der Waals surface area contributed by atoms with Gasteiger partial charge >= 0.3 is 0 Å². The van der Waals surface area contributed by atoms with Gasteiger partial charge in [0, 0.05) is 5.56 Å². The van der Waals surface area contributed by atoms with Crippen LogP contribution in [-0.4, -0.2) is 21.7 Å². The van der Waals surface area contributed by atoms with Crippen LogP contribution in [0, 0.1) is 0 Å². The van der Waals surface area contributed by atoms with Crippen LogP contribution in [0.4, 0.5) is 0 Å². The third-order valence-corrected chi connectivity index (χ3v) is 3.13. The van der Waals surface area contributed by atoms with E-state index in [0.29, 0.717) is 5.56 Å². The Bertz CT molecular complexity index is 538. The molecule has 0 heterocycles. The molecule has 98 valence electrons. The smallest absolute Gasteiger partial charge is 0.251 e. The molecule has 3 nitrogen and oxygen atoms in total. The van der Waals surface area contributed by atoms with Crippen molar-refractivity contribution in [3.8, 4) is 11.1 Å². The van der Waals surface area contributed by atoms with E-state index in [2.05, 4.69) is 5.32 Å². The zero-order valence-electron chi connectivity index (χ0n) is 10.2. The lowest BCUT2D eigenvalue weighted by molar-refractivity contribution is 0.0942. The van der Waals surface area contributed by atoms with Gasteiger partial charge in [0.15, 0.2) is 0 Å². The molecule has 0 bridgehead atoms. The summed E-state index contributed by atoms with van der Waals surface area (Å²) in [5.41, 5.74) is 2.79. The zero-order chi connectivity index (χ0) is 13.7. The lowest BCUT2D eigenvalue weighted by Gasteiger charge is -2.07. The van der Waals surface area contributed by atoms with E-state index in [1.165, 1.54) is 0 Å². The van der Waals surface area contributed by atoms with Gasteiger partial charge in [0.2, 0.25) is 0 Å². The molecule has 0 saturated heterocycles. The number of aliphatic hydroxyl groups is 1. The van der Waals surface area contributed by atoms with Gasteiger partial charge < -0.3 is 10.4 Å². The fourth-order valence-electron chi connectivity index (χ4n) is 1.72. The molecule has 1 amide bonds. The quantitative estimate of drug-likeness (QED) is 0.645. The SMILES string of the molecule is O=C(NC[C@@H](O)I)c1ccc(-c2ccccc2)cc1. The van der Waals surface area contributed by atoms with Crippen LogP contribution < -0.4 is 5.32 Å². The number of hydrogen-bond donors (Lipinski definition) is 2. The minimum atomic E-state index is -0.565. The van der Waals surface area contributed by atoms with Crippen molar-refractivity contribution in [2.75, 3.05) is 6.54 Å². The van der Waals surface area contributed by atoms with Gasteiger partial charge in [0.1, 0.15) is 4.11 Å². The molecule has 19 heavy (non-hydrogen) atoms. The van der Waals surface area contributed by atoms with Crippen LogP contribution >= 0.6 is 22.6 Å². The van der Waals surface area contributed by atoms with Crippen LogP contribution in [0.1, 0.15) is 10.4 Å². The molecule has 0 aromatic heterocycles. The first-order valence-electron chi connectivity index (χ1n) is 5.92. The van der Waals surface area contributed by atoms with Gasteiger partial charge in [0.05, 0.1) is 6.54 Å². The average molecular weight is 367 g/mol. The monoisotopic (exact) mass is 367 g/mol. The number of benzene rings is 2. The summed E-state index contributed by atoms with van der Waals surface area (Å²) in [7, 11) is 0. The summed E-state index contributed by atoms with van der Waals surface area (Å²) in [5, 5.41) is 11.8. The second-order valence-electron chi connectivity index (χ2n) is 4.09. The summed E-state index contributed by atoms with van der Waals surface area (Å²) in [4.78, 5) is 11.8. The van der Waals surface area contributed by atoms with Crippen molar-refractivity contribution in [3.05, 3.63) is 60.2 Å². The van der Waals surface area contributed by atoms with Crippen LogP contribution in [0.2, 0.25) is 0 Å². The summed E-state index contributed by atoms with van der Waals surface area (Å²) in [6.45, 7) is 0.250. The van der Waals surface area contributed by atoms with E-state index in [9.17, 15) is 4.79 Å². The van der Waals surface area contributed by atoms with Gasteiger partial charge in [0.25, 0.3) is 5.91 Å². The zero-order valence-corrected chi connectivity index (χ0v) is 12.4. The van der Waals surface area contributed by atoms with Crippen LogP contribution in [0.15, 0.2) is 54.6 Å². The topological polar surface area (TPSA) is 49.3 Å². The molecule has 0 aliphatic heterocycles. The summed E-state index contributed by atoms with van der Waals surface area (Å²) >= 11 is 1.85. The molecule has 1 atom stereocenters. The summed E-state index contributed by atoms with van der Waals surface area (Å²) in [5.74, 6) is -0.171. The molecule has 0 unspecified atom stereocenters. The highest BCUT2D eigenvalue weighted by Crippen LogP contribution is 2.19. The van der Waals surface area contributed by atoms with Crippen molar-refractivity contribution < 1.29 is 9.90 Å². The first kappa shape index (κ1) is 14.0. The number of rotatable bonds is 4. The van der Waals surface area contributed by atoms with E-state index in [1.54, 1.807) is 12.1 Å². The van der Waals surface area contributed by atoms with E-state index in [0.717, 1.165) is 11.1 Å². The molecule has 2 aromatic carbocycles. The Morgan fingerprint density at radius 1 is 1.05 bits per heavy atom. The minimum Gasteiger partial charge on any atom is -0.381 e. The Kier molecular flexibility index (Phi) is 4.93. The van der Waals surface area contributed by atoms with Crippen LogP contribution in [0.5, 0.6) is 0 Å². The van der Waals surface area contributed by atoms with Gasteiger partial charge in [-0.25, -0.2) is 0 Å². The number of aliphatic hydroxyl groups excluding tert-OH is 1. The second-order valence-corrected chi connectivity index (χ2v) is 5.53. The fraction of sp³-hybridized carbons (Fsp3) is 0.133. The highest BCUT2D eigenvalue weighted by Gasteiger charge is 2.07. The van der Waals surface area contributed by atoms with E-state index < -0.39 is 4.11 Å². The summed E-state index contributed by atoms with van der Waals surface area (Å²) in [6, 6.07) is 17.4. The molecule has 0 fully saturated rings. The maximum atomic E-state index is 11.8. The number of carbonyl (C=O) groups is 1.